The van der Waals surface area contributed by atoms with Crippen LogP contribution in [0.1, 0.15) is 25.0 Å². The van der Waals surface area contributed by atoms with Crippen LogP contribution in [0, 0.1) is 6.92 Å². The molecule has 3 aromatic rings. The van der Waals surface area contributed by atoms with Gasteiger partial charge in [0.15, 0.2) is 0 Å². The van der Waals surface area contributed by atoms with Crippen molar-refractivity contribution in [3.63, 3.8) is 0 Å². The lowest BCUT2D eigenvalue weighted by Crippen LogP contribution is -2.24. The summed E-state index contributed by atoms with van der Waals surface area (Å²) in [6, 6.07) is 5.70. The molecule has 0 aliphatic carbocycles. The zero-order chi connectivity index (χ0) is 18.1. The second kappa shape index (κ2) is 6.35. The van der Waals surface area contributed by atoms with Gasteiger partial charge >= 0.3 is 5.69 Å². The monoisotopic (exact) mass is 329 g/mol. The van der Waals surface area contributed by atoms with Crippen LogP contribution >= 0.6 is 0 Å². The number of hydrogen-bond donors (Lipinski definition) is 0. The van der Waals surface area contributed by atoms with Crippen LogP contribution in [0.2, 0.25) is 0 Å². The maximum absolute atomic E-state index is 12.3. The fraction of sp³-hybridized carbons (Fsp3) is 0.353. The quantitative estimate of drug-likeness (QED) is 0.715. The molecule has 0 fully saturated rings. The first kappa shape index (κ1) is 14.7. The maximum Gasteiger partial charge on any atom is 0.369 e. The summed E-state index contributed by atoms with van der Waals surface area (Å²) in [7, 11) is 3.44. The molecule has 0 saturated heterocycles. The van der Waals surface area contributed by atoms with Gasteiger partial charge in [-0.1, -0.05) is 25.1 Å². The molecule has 0 unspecified atom stereocenters. The second-order valence-corrected chi connectivity index (χ2v) is 5.70. The number of benzene rings is 1. The third kappa shape index (κ3) is 2.73. The summed E-state index contributed by atoms with van der Waals surface area (Å²) >= 11 is 0. The molecule has 0 aliphatic rings. The van der Waals surface area contributed by atoms with E-state index >= 15 is 0 Å². The minimum atomic E-state index is -0.306. The van der Waals surface area contributed by atoms with Crippen LogP contribution in [-0.4, -0.2) is 24.4 Å². The van der Waals surface area contributed by atoms with Gasteiger partial charge in [0.1, 0.15) is 18.2 Å². The molecule has 0 bridgehead atoms. The van der Waals surface area contributed by atoms with E-state index in [1.54, 1.807) is 25.2 Å². The molecule has 3 rings (SSSR count). The number of ether oxygens (including phenoxy) is 1. The lowest BCUT2D eigenvalue weighted by Gasteiger charge is -2.11. The van der Waals surface area contributed by atoms with Crippen LogP contribution in [0.4, 0.5) is 0 Å². The first-order chi connectivity index (χ1) is 11.9. The Labute approximate surface area is 141 Å². The Morgan fingerprint density at radius 2 is 2.08 bits per heavy atom. The number of nitrogens with zero attached hydrogens (tertiary/aromatic N) is 5. The molecule has 7 nitrogen and oxygen atoms in total. The highest BCUT2D eigenvalue weighted by atomic mass is 16.5. The van der Waals surface area contributed by atoms with Crippen molar-refractivity contribution in [2.45, 2.75) is 26.9 Å². The van der Waals surface area contributed by atoms with Gasteiger partial charge in [-0.2, -0.15) is 4.68 Å². The number of rotatable bonds is 5. The van der Waals surface area contributed by atoms with Gasteiger partial charge in [0.2, 0.25) is 0 Å². The summed E-state index contributed by atoms with van der Waals surface area (Å²) in [6.45, 7) is 4.27. The van der Waals surface area contributed by atoms with Crippen LogP contribution in [0.25, 0.3) is 5.82 Å². The zero-order valence-corrected chi connectivity index (χ0v) is 14.3. The Bertz CT molecular complexity index is 970. The summed E-state index contributed by atoms with van der Waals surface area (Å²) in [5, 5.41) is 7.75. The van der Waals surface area contributed by atoms with Crippen molar-refractivity contribution in [2.75, 3.05) is 0 Å². The van der Waals surface area contributed by atoms with Crippen LogP contribution in [0.3, 0.4) is 0 Å². The summed E-state index contributed by atoms with van der Waals surface area (Å²) in [4.78, 5) is 12.3. The van der Waals surface area contributed by atoms with Gasteiger partial charge in [-0.15, -0.1) is 4.68 Å². The van der Waals surface area contributed by atoms with Gasteiger partial charge < -0.3 is 9.30 Å². The van der Waals surface area contributed by atoms with E-state index in [4.69, 9.17) is 6.11 Å². The molecule has 0 aliphatic heterocycles. The third-order valence-electron chi connectivity index (χ3n) is 4.04. The standard InChI is InChI=1S/C17H21N5O2/c1-5-13-10-20(3)16(22-17(23)21(4)18-19-22)14(13)11-24-15-9-7-6-8-12(15)2/h6-10H,5,11H2,1-4H3/i6T. The minimum Gasteiger partial charge on any atom is -0.488 e. The van der Waals surface area contributed by atoms with Crippen molar-refractivity contribution >= 4 is 0 Å². The summed E-state index contributed by atoms with van der Waals surface area (Å²) in [5.41, 5.74) is 2.59. The molecule has 0 spiro atoms. The molecule has 7 heteroatoms. The Kier molecular flexibility index (Phi) is 3.90. The van der Waals surface area contributed by atoms with Gasteiger partial charge in [0.05, 0.1) is 1.37 Å². The molecule has 0 amide bonds. The first-order valence-electron chi connectivity index (χ1n) is 8.28. The van der Waals surface area contributed by atoms with Gasteiger partial charge in [-0.05, 0) is 41.0 Å². The van der Waals surface area contributed by atoms with E-state index in [0.29, 0.717) is 18.5 Å². The van der Waals surface area contributed by atoms with E-state index in [9.17, 15) is 4.79 Å². The van der Waals surface area contributed by atoms with Crippen LogP contribution in [0.5, 0.6) is 5.75 Å². The maximum atomic E-state index is 12.3. The molecular weight excluding hydrogens is 306 g/mol. The van der Waals surface area contributed by atoms with E-state index in [-0.39, 0.29) is 5.69 Å². The smallest absolute Gasteiger partial charge is 0.369 e. The largest absolute Gasteiger partial charge is 0.488 e. The second-order valence-electron chi connectivity index (χ2n) is 5.70. The average molecular weight is 329 g/mol. The van der Waals surface area contributed by atoms with Crippen molar-refractivity contribution in [3.05, 3.63) is 57.6 Å². The highest BCUT2D eigenvalue weighted by Crippen LogP contribution is 2.24. The number of para-hydroxylation sites is 1. The van der Waals surface area contributed by atoms with Crippen molar-refractivity contribution < 1.29 is 6.11 Å². The van der Waals surface area contributed by atoms with Crippen molar-refractivity contribution in [3.8, 4) is 11.6 Å². The van der Waals surface area contributed by atoms with E-state index < -0.39 is 0 Å². The van der Waals surface area contributed by atoms with Crippen molar-refractivity contribution in [1.82, 2.24) is 24.4 Å². The van der Waals surface area contributed by atoms with E-state index in [0.717, 1.165) is 28.9 Å². The third-order valence-corrected chi connectivity index (χ3v) is 4.04. The average Bonchev–Trinajstić information content (AvgIpc) is 3.06. The first-order valence-corrected chi connectivity index (χ1v) is 7.78. The molecule has 0 radical (unpaired) electrons. The van der Waals surface area contributed by atoms with Gasteiger partial charge in [-0.25, -0.2) is 4.79 Å². The highest BCUT2D eigenvalue weighted by molar-refractivity contribution is 5.42. The number of aromatic nitrogens is 5. The fourth-order valence-corrected chi connectivity index (χ4v) is 2.73. The lowest BCUT2D eigenvalue weighted by molar-refractivity contribution is 0.302. The normalized spacial score (nSPS) is 11.6. The molecule has 0 atom stereocenters. The van der Waals surface area contributed by atoms with E-state index in [1.165, 1.54) is 9.36 Å². The van der Waals surface area contributed by atoms with Crippen LogP contribution in [0.15, 0.2) is 35.2 Å². The Morgan fingerprint density at radius 3 is 2.71 bits per heavy atom. The Morgan fingerprint density at radius 1 is 1.29 bits per heavy atom. The summed E-state index contributed by atoms with van der Waals surface area (Å²) in [6.07, 6.45) is 2.79. The van der Waals surface area contributed by atoms with Gasteiger partial charge in [0.25, 0.3) is 0 Å². The number of aryl methyl sites for hydroxylation is 4. The highest BCUT2D eigenvalue weighted by Gasteiger charge is 2.19. The lowest BCUT2D eigenvalue weighted by atomic mass is 10.1. The predicted molar refractivity (Wildman–Crippen MR) is 90.5 cm³/mol. The van der Waals surface area contributed by atoms with Gasteiger partial charge in [0, 0.05) is 25.9 Å². The van der Waals surface area contributed by atoms with Crippen molar-refractivity contribution in [2.24, 2.45) is 14.1 Å². The Balaban J connectivity index is 2.00. The SMILES string of the molecule is [3H]c1ccc(OCc2c(CC)cn(C)c2-n2nnn(C)c2=O)c(C)c1. The van der Waals surface area contributed by atoms with E-state index in [1.807, 2.05) is 24.7 Å². The topological polar surface area (TPSA) is 66.9 Å². The van der Waals surface area contributed by atoms with Crippen LogP contribution in [-0.2, 0) is 27.1 Å². The number of tetrazole rings is 1. The molecule has 0 saturated carbocycles. The molecule has 1 aromatic carbocycles. The van der Waals surface area contributed by atoms with E-state index in [2.05, 4.69) is 17.4 Å². The summed E-state index contributed by atoms with van der Waals surface area (Å²) in [5.74, 6) is 1.38. The minimum absolute atomic E-state index is 0.306. The fourth-order valence-electron chi connectivity index (χ4n) is 2.73. The zero-order valence-electron chi connectivity index (χ0n) is 15.3. The summed E-state index contributed by atoms with van der Waals surface area (Å²) < 4.78 is 18.0. The molecular formula is C17H21N5O2. The molecule has 0 N–H and O–H groups in total. The number of hydrogen-bond acceptors (Lipinski definition) is 4. The molecule has 2 heterocycles. The van der Waals surface area contributed by atoms with Gasteiger partial charge in [-0.3, -0.25) is 0 Å². The molecule has 24 heavy (non-hydrogen) atoms. The van der Waals surface area contributed by atoms with Crippen LogP contribution < -0.4 is 10.4 Å². The molecule has 2 aromatic heterocycles. The predicted octanol–water partition coefficient (Wildman–Crippen LogP) is 1.75. The molecule has 126 valence electrons. The van der Waals surface area contributed by atoms with Crippen molar-refractivity contribution in [1.29, 1.82) is 0 Å². The Hall–Kier alpha value is -2.83.